The van der Waals surface area contributed by atoms with Crippen LogP contribution >= 0.6 is 22.6 Å². The van der Waals surface area contributed by atoms with E-state index in [2.05, 4.69) is 0 Å². The maximum atomic E-state index is 12.3. The SMILES string of the molecule is COc1ccc(C(=O)C(I)C(F)(F)F)cc1. The number of alkyl halides is 4. The number of carbonyl (C=O) groups excluding carboxylic acids is 1. The Morgan fingerprint density at radius 3 is 2.19 bits per heavy atom. The lowest BCUT2D eigenvalue weighted by Gasteiger charge is -2.12. The van der Waals surface area contributed by atoms with Crippen molar-refractivity contribution >= 4 is 28.4 Å². The number of rotatable bonds is 3. The summed E-state index contributed by atoms with van der Waals surface area (Å²) < 4.78 is 39.7. The van der Waals surface area contributed by atoms with Crippen molar-refractivity contribution < 1.29 is 22.7 Å². The summed E-state index contributed by atoms with van der Waals surface area (Å²) in [7, 11) is 1.44. The topological polar surface area (TPSA) is 26.3 Å². The molecule has 0 fully saturated rings. The molecule has 0 aliphatic heterocycles. The Morgan fingerprint density at radius 1 is 1.31 bits per heavy atom. The third kappa shape index (κ3) is 3.10. The molecule has 0 spiro atoms. The summed E-state index contributed by atoms with van der Waals surface area (Å²) in [5.41, 5.74) is 0.0255. The Kier molecular flexibility index (Phi) is 4.17. The van der Waals surface area contributed by atoms with Crippen LogP contribution in [0, 0.1) is 0 Å². The first-order valence-corrected chi connectivity index (χ1v) is 5.50. The first-order valence-electron chi connectivity index (χ1n) is 4.25. The van der Waals surface area contributed by atoms with E-state index >= 15 is 0 Å². The summed E-state index contributed by atoms with van der Waals surface area (Å²) in [6.07, 6.45) is -4.52. The van der Waals surface area contributed by atoms with Gasteiger partial charge in [0.05, 0.1) is 7.11 Å². The third-order valence-corrected chi connectivity index (χ3v) is 3.16. The van der Waals surface area contributed by atoms with Gasteiger partial charge in [-0.25, -0.2) is 0 Å². The summed E-state index contributed by atoms with van der Waals surface area (Å²) in [5, 5.41) is 0. The molecule has 0 saturated carbocycles. The van der Waals surface area contributed by atoms with Crippen LogP contribution in [-0.2, 0) is 0 Å². The molecule has 1 rings (SSSR count). The summed E-state index contributed by atoms with van der Waals surface area (Å²) in [5.74, 6) is -0.454. The highest BCUT2D eigenvalue weighted by molar-refractivity contribution is 14.1. The third-order valence-electron chi connectivity index (χ3n) is 1.89. The molecule has 6 heteroatoms. The van der Waals surface area contributed by atoms with Crippen molar-refractivity contribution in [3.8, 4) is 5.75 Å². The number of halogens is 4. The van der Waals surface area contributed by atoms with Gasteiger partial charge in [-0.3, -0.25) is 4.79 Å². The number of benzene rings is 1. The molecule has 1 unspecified atom stereocenters. The second-order valence-corrected chi connectivity index (χ2v) is 4.24. The number of hydrogen-bond acceptors (Lipinski definition) is 2. The molecule has 0 aliphatic carbocycles. The van der Waals surface area contributed by atoms with Gasteiger partial charge in [-0.1, -0.05) is 22.6 Å². The normalized spacial score (nSPS) is 13.3. The molecule has 0 N–H and O–H groups in total. The van der Waals surface area contributed by atoms with Crippen LogP contribution in [0.25, 0.3) is 0 Å². The fraction of sp³-hybridized carbons (Fsp3) is 0.300. The Balaban J connectivity index is 2.88. The van der Waals surface area contributed by atoms with Gasteiger partial charge >= 0.3 is 6.18 Å². The van der Waals surface area contributed by atoms with Crippen molar-refractivity contribution in [3.05, 3.63) is 29.8 Å². The van der Waals surface area contributed by atoms with Gasteiger partial charge in [0.15, 0.2) is 9.71 Å². The molecule has 1 aromatic carbocycles. The van der Waals surface area contributed by atoms with Crippen LogP contribution in [-0.4, -0.2) is 23.0 Å². The number of ether oxygens (including phenoxy) is 1. The number of hydrogen-bond donors (Lipinski definition) is 0. The zero-order valence-corrected chi connectivity index (χ0v) is 10.4. The zero-order chi connectivity index (χ0) is 12.3. The van der Waals surface area contributed by atoms with Gasteiger partial charge in [-0.2, -0.15) is 13.2 Å². The van der Waals surface area contributed by atoms with E-state index in [0.717, 1.165) is 22.6 Å². The lowest BCUT2D eigenvalue weighted by Crippen LogP contribution is -2.30. The van der Waals surface area contributed by atoms with Crippen LogP contribution in [0.2, 0.25) is 0 Å². The molecule has 0 aromatic heterocycles. The largest absolute Gasteiger partial charge is 0.497 e. The minimum atomic E-state index is -4.52. The molecule has 0 aliphatic rings. The van der Waals surface area contributed by atoms with E-state index in [4.69, 9.17) is 4.74 Å². The molecule has 16 heavy (non-hydrogen) atoms. The van der Waals surface area contributed by atoms with Crippen LogP contribution in [0.5, 0.6) is 5.75 Å². The monoisotopic (exact) mass is 344 g/mol. The van der Waals surface area contributed by atoms with E-state index in [1.807, 2.05) is 0 Å². The Morgan fingerprint density at radius 2 is 1.81 bits per heavy atom. The number of carbonyl (C=O) groups is 1. The minimum Gasteiger partial charge on any atom is -0.497 e. The molecular formula is C10H8F3IO2. The van der Waals surface area contributed by atoms with Gasteiger partial charge in [-0.05, 0) is 24.3 Å². The van der Waals surface area contributed by atoms with Crippen molar-refractivity contribution in [1.29, 1.82) is 0 Å². The maximum Gasteiger partial charge on any atom is 0.407 e. The molecule has 0 heterocycles. The molecular weight excluding hydrogens is 336 g/mol. The highest BCUT2D eigenvalue weighted by Crippen LogP contribution is 2.29. The average molecular weight is 344 g/mol. The standard InChI is InChI=1S/C10H8F3IO2/c1-16-7-4-2-6(3-5-7)8(15)9(14)10(11,12)13/h2-5,9H,1H3. The lowest BCUT2D eigenvalue weighted by atomic mass is 10.1. The van der Waals surface area contributed by atoms with Crippen LogP contribution in [0.15, 0.2) is 24.3 Å². The van der Waals surface area contributed by atoms with Gasteiger partial charge in [0.2, 0.25) is 0 Å². The molecule has 0 amide bonds. The molecule has 1 aromatic rings. The Labute approximate surface area is 104 Å². The smallest absolute Gasteiger partial charge is 0.407 e. The predicted molar refractivity (Wildman–Crippen MR) is 61.2 cm³/mol. The van der Waals surface area contributed by atoms with E-state index in [1.54, 1.807) is 0 Å². The molecule has 0 bridgehead atoms. The van der Waals surface area contributed by atoms with Gasteiger partial charge in [-0.15, -0.1) is 0 Å². The van der Waals surface area contributed by atoms with Gasteiger partial charge in [0.25, 0.3) is 0 Å². The number of Topliss-reactive ketones (excluding diaryl/α,β-unsaturated/α-hetero) is 1. The average Bonchev–Trinajstić information content (AvgIpc) is 2.26. The molecule has 1 atom stereocenters. The van der Waals surface area contributed by atoms with Gasteiger partial charge in [0, 0.05) is 5.56 Å². The van der Waals surface area contributed by atoms with E-state index in [0.29, 0.717) is 5.75 Å². The Hall–Kier alpha value is -0.790. The number of ketones is 1. The van der Waals surface area contributed by atoms with Crippen molar-refractivity contribution in [2.45, 2.75) is 10.1 Å². The van der Waals surface area contributed by atoms with Crippen LogP contribution in [0.3, 0.4) is 0 Å². The summed E-state index contributed by atoms with van der Waals surface area (Å²) in [4.78, 5) is 11.4. The van der Waals surface area contributed by atoms with Crippen molar-refractivity contribution in [3.63, 3.8) is 0 Å². The molecule has 0 radical (unpaired) electrons. The van der Waals surface area contributed by atoms with Crippen molar-refractivity contribution in [1.82, 2.24) is 0 Å². The highest BCUT2D eigenvalue weighted by Gasteiger charge is 2.42. The Bertz CT molecular complexity index is 373. The minimum absolute atomic E-state index is 0.0255. The quantitative estimate of drug-likeness (QED) is 0.478. The van der Waals surface area contributed by atoms with E-state index in [9.17, 15) is 18.0 Å². The summed E-state index contributed by atoms with van der Waals surface area (Å²) in [6.45, 7) is 0. The van der Waals surface area contributed by atoms with Crippen molar-refractivity contribution in [2.75, 3.05) is 7.11 Å². The fourth-order valence-corrected chi connectivity index (χ4v) is 1.41. The van der Waals surface area contributed by atoms with Crippen LogP contribution < -0.4 is 4.74 Å². The second-order valence-electron chi connectivity index (χ2n) is 3.00. The maximum absolute atomic E-state index is 12.3. The summed E-state index contributed by atoms with van der Waals surface area (Å²) in [6, 6.07) is 5.54. The highest BCUT2D eigenvalue weighted by atomic mass is 127. The van der Waals surface area contributed by atoms with Gasteiger partial charge < -0.3 is 4.74 Å². The van der Waals surface area contributed by atoms with Crippen LogP contribution in [0.1, 0.15) is 10.4 Å². The first-order chi connectivity index (χ1) is 7.36. The van der Waals surface area contributed by atoms with E-state index in [1.165, 1.54) is 31.4 Å². The predicted octanol–water partition coefficient (Wildman–Crippen LogP) is 3.24. The van der Waals surface area contributed by atoms with Crippen LogP contribution in [0.4, 0.5) is 13.2 Å². The number of methoxy groups -OCH3 is 1. The first kappa shape index (κ1) is 13.3. The lowest BCUT2D eigenvalue weighted by molar-refractivity contribution is -0.116. The van der Waals surface area contributed by atoms with Gasteiger partial charge in [0.1, 0.15) is 5.75 Å². The van der Waals surface area contributed by atoms with E-state index < -0.39 is 15.9 Å². The molecule has 88 valence electrons. The molecule has 2 nitrogen and oxygen atoms in total. The summed E-state index contributed by atoms with van der Waals surface area (Å²) >= 11 is 1.09. The molecule has 0 saturated heterocycles. The van der Waals surface area contributed by atoms with E-state index in [-0.39, 0.29) is 5.56 Å². The fourth-order valence-electron chi connectivity index (χ4n) is 1.05. The second kappa shape index (κ2) is 5.03. The zero-order valence-electron chi connectivity index (χ0n) is 8.22. The van der Waals surface area contributed by atoms with Crippen molar-refractivity contribution in [2.24, 2.45) is 0 Å².